The molecule has 1 fully saturated rings. The summed E-state index contributed by atoms with van der Waals surface area (Å²) < 4.78 is 45.7. The van der Waals surface area contributed by atoms with Gasteiger partial charge in [0.1, 0.15) is 23.7 Å². The summed E-state index contributed by atoms with van der Waals surface area (Å²) in [7, 11) is 0. The fraction of sp³-hybridized carbons (Fsp3) is 0.300. The summed E-state index contributed by atoms with van der Waals surface area (Å²) in [6.07, 6.45) is -2.64. The van der Waals surface area contributed by atoms with Crippen LogP contribution in [0.25, 0.3) is 5.70 Å². The number of ether oxygens (including phenoxy) is 1. The molecule has 0 aliphatic carbocycles. The first-order chi connectivity index (χ1) is 15.1. The van der Waals surface area contributed by atoms with E-state index in [1.807, 2.05) is 0 Å². The Labute approximate surface area is 195 Å². The van der Waals surface area contributed by atoms with Gasteiger partial charge in [-0.25, -0.2) is 13.2 Å². The number of halogens is 5. The molecule has 2 aromatic carbocycles. The van der Waals surface area contributed by atoms with E-state index in [1.165, 1.54) is 6.07 Å². The van der Waals surface area contributed by atoms with Gasteiger partial charge in [-0.1, -0.05) is 35.0 Å². The van der Waals surface area contributed by atoms with Crippen molar-refractivity contribution in [1.82, 2.24) is 5.32 Å². The van der Waals surface area contributed by atoms with Crippen LogP contribution >= 0.6 is 35.0 Å². The maximum Gasteiger partial charge on any atom is 0.194 e. The molecule has 6 nitrogen and oxygen atoms in total. The van der Waals surface area contributed by atoms with Crippen LogP contribution in [0.3, 0.4) is 0 Å². The van der Waals surface area contributed by atoms with Gasteiger partial charge in [0.25, 0.3) is 0 Å². The second-order valence-electron chi connectivity index (χ2n) is 6.95. The van der Waals surface area contributed by atoms with Gasteiger partial charge in [-0.05, 0) is 30.3 Å². The van der Waals surface area contributed by atoms with Crippen molar-refractivity contribution in [2.75, 3.05) is 6.61 Å². The summed E-state index contributed by atoms with van der Waals surface area (Å²) >= 11 is 13.1. The van der Waals surface area contributed by atoms with Crippen LogP contribution < -0.4 is 11.1 Å². The number of rotatable bonds is 6. The third kappa shape index (κ3) is 5.45. The van der Waals surface area contributed by atoms with Gasteiger partial charge in [0.15, 0.2) is 17.5 Å². The van der Waals surface area contributed by atoms with Gasteiger partial charge in [0, 0.05) is 21.7 Å². The lowest BCUT2D eigenvalue weighted by Gasteiger charge is -2.42. The quantitative estimate of drug-likeness (QED) is 0.380. The van der Waals surface area contributed by atoms with Crippen molar-refractivity contribution in [3.8, 4) is 0 Å². The first-order valence-corrected chi connectivity index (χ1v) is 10.9. The van der Waals surface area contributed by atoms with Gasteiger partial charge in [0.05, 0.1) is 23.4 Å². The van der Waals surface area contributed by atoms with Crippen molar-refractivity contribution in [3.05, 3.63) is 69.6 Å². The molecular formula is C20H19Cl2F3N2O4S. The summed E-state index contributed by atoms with van der Waals surface area (Å²) in [6, 6.07) is 5.07. The van der Waals surface area contributed by atoms with Gasteiger partial charge < -0.3 is 31.1 Å². The maximum absolute atomic E-state index is 13.5. The van der Waals surface area contributed by atoms with Gasteiger partial charge in [0.2, 0.25) is 0 Å². The Hall–Kier alpha value is -1.66. The number of thioether (sulfide) groups is 1. The Kier molecular flexibility index (Phi) is 8.21. The summed E-state index contributed by atoms with van der Waals surface area (Å²) in [4.78, 5) is 0.541. The van der Waals surface area contributed by atoms with E-state index < -0.39 is 53.8 Å². The minimum Gasteiger partial charge on any atom is -0.397 e. The molecule has 1 heterocycles. The normalized spacial score (nSPS) is 26.2. The van der Waals surface area contributed by atoms with Gasteiger partial charge >= 0.3 is 0 Å². The van der Waals surface area contributed by atoms with Crippen LogP contribution in [-0.2, 0) is 4.74 Å². The van der Waals surface area contributed by atoms with E-state index in [0.717, 1.165) is 18.0 Å². The average molecular weight is 511 g/mol. The Morgan fingerprint density at radius 3 is 2.38 bits per heavy atom. The minimum absolute atomic E-state index is 0.150. The highest BCUT2D eigenvalue weighted by Gasteiger charge is 2.44. The van der Waals surface area contributed by atoms with E-state index >= 15 is 0 Å². The molecule has 0 aromatic heterocycles. The second kappa shape index (κ2) is 10.5. The molecule has 12 heteroatoms. The molecule has 0 spiro atoms. The molecule has 1 saturated heterocycles. The number of nitrogens with two attached hydrogens (primary N) is 1. The molecule has 6 N–H and O–H groups in total. The van der Waals surface area contributed by atoms with E-state index in [2.05, 4.69) is 5.32 Å². The van der Waals surface area contributed by atoms with Crippen molar-refractivity contribution in [1.29, 1.82) is 0 Å². The Morgan fingerprint density at radius 2 is 1.78 bits per heavy atom. The van der Waals surface area contributed by atoms with Crippen molar-refractivity contribution in [2.45, 2.75) is 34.7 Å². The molecule has 5 unspecified atom stereocenters. The molecule has 1 aliphatic heterocycles. The largest absolute Gasteiger partial charge is 0.397 e. The molecule has 5 atom stereocenters. The summed E-state index contributed by atoms with van der Waals surface area (Å²) in [5.41, 5.74) is 4.53. The molecule has 3 rings (SSSR count). The number of aliphatic hydroxyl groups excluding tert-OH is 3. The lowest BCUT2D eigenvalue weighted by atomic mass is 9.97. The summed E-state index contributed by atoms with van der Waals surface area (Å²) in [5.74, 6) is -4.46. The zero-order valence-corrected chi connectivity index (χ0v) is 18.5. The van der Waals surface area contributed by atoms with Crippen LogP contribution in [0.5, 0.6) is 0 Å². The number of benzene rings is 2. The third-order valence-electron chi connectivity index (χ3n) is 4.77. The van der Waals surface area contributed by atoms with E-state index in [0.29, 0.717) is 27.1 Å². The number of hydrogen-bond acceptors (Lipinski definition) is 7. The molecule has 0 bridgehead atoms. The van der Waals surface area contributed by atoms with Gasteiger partial charge in [-0.2, -0.15) is 0 Å². The molecule has 1 aliphatic rings. The zero-order chi connectivity index (χ0) is 23.6. The molecule has 0 saturated carbocycles. The van der Waals surface area contributed by atoms with E-state index in [4.69, 9.17) is 33.7 Å². The first kappa shape index (κ1) is 25.0. The van der Waals surface area contributed by atoms with Crippen LogP contribution in [0.2, 0.25) is 10.0 Å². The van der Waals surface area contributed by atoms with E-state index in [-0.39, 0.29) is 11.3 Å². The van der Waals surface area contributed by atoms with E-state index in [9.17, 15) is 28.5 Å². The van der Waals surface area contributed by atoms with Gasteiger partial charge in [-0.3, -0.25) is 0 Å². The molecule has 0 radical (unpaired) electrons. The molecule has 174 valence electrons. The standard InChI is InChI=1S/C20H19Cl2F3N2O4S/c21-9-1-2-15(10(22)5-9)32-20-19(30)17(18(29)14(7-28)31-20)27-6-13(26)8-3-11(23)16(25)12(24)4-8/h1-6,14,17-20,27-30H,7,26H2/b13-6-. The predicted octanol–water partition coefficient (Wildman–Crippen LogP) is 2.86. The maximum atomic E-state index is 13.5. The van der Waals surface area contributed by atoms with E-state index in [1.54, 1.807) is 12.1 Å². The van der Waals surface area contributed by atoms with Crippen LogP contribution in [0, 0.1) is 17.5 Å². The molecule has 2 aromatic rings. The molecular weight excluding hydrogens is 492 g/mol. The van der Waals surface area contributed by atoms with Crippen LogP contribution in [0.4, 0.5) is 13.2 Å². The van der Waals surface area contributed by atoms with Crippen molar-refractivity contribution in [2.24, 2.45) is 5.73 Å². The fourth-order valence-corrected chi connectivity index (χ4v) is 4.69. The zero-order valence-electron chi connectivity index (χ0n) is 16.2. The van der Waals surface area contributed by atoms with Gasteiger partial charge in [-0.15, -0.1) is 0 Å². The lowest BCUT2D eigenvalue weighted by Crippen LogP contribution is -2.62. The Balaban J connectivity index is 1.81. The summed E-state index contributed by atoms with van der Waals surface area (Å²) in [5, 5.41) is 34.3. The smallest absolute Gasteiger partial charge is 0.194 e. The highest BCUT2D eigenvalue weighted by Crippen LogP contribution is 2.37. The third-order valence-corrected chi connectivity index (χ3v) is 6.66. The predicted molar refractivity (Wildman–Crippen MR) is 115 cm³/mol. The Morgan fingerprint density at radius 1 is 1.12 bits per heavy atom. The fourth-order valence-electron chi connectivity index (χ4n) is 3.07. The molecule has 32 heavy (non-hydrogen) atoms. The minimum atomic E-state index is -1.63. The highest BCUT2D eigenvalue weighted by molar-refractivity contribution is 8.00. The SMILES string of the molecule is N/C(=C\NC1C(O)C(CO)OC(Sc2ccc(Cl)cc2Cl)C1O)c1cc(F)c(F)c(F)c1. The highest BCUT2D eigenvalue weighted by atomic mass is 35.5. The lowest BCUT2D eigenvalue weighted by molar-refractivity contribution is -0.164. The van der Waals surface area contributed by atoms with Crippen molar-refractivity contribution >= 4 is 40.7 Å². The number of aliphatic hydroxyl groups is 3. The summed E-state index contributed by atoms with van der Waals surface area (Å²) in [6.45, 7) is -0.551. The van der Waals surface area contributed by atoms with Crippen molar-refractivity contribution in [3.63, 3.8) is 0 Å². The monoisotopic (exact) mass is 510 g/mol. The Bertz CT molecular complexity index is 994. The first-order valence-electron chi connectivity index (χ1n) is 9.23. The van der Waals surface area contributed by atoms with Crippen LogP contribution in [-0.4, -0.2) is 51.7 Å². The second-order valence-corrected chi connectivity index (χ2v) is 8.93. The van der Waals surface area contributed by atoms with Crippen molar-refractivity contribution < 1.29 is 33.2 Å². The number of nitrogens with one attached hydrogen (secondary N) is 1. The molecule has 0 amide bonds. The average Bonchev–Trinajstić information content (AvgIpc) is 2.74. The topological polar surface area (TPSA) is 108 Å². The number of hydrogen-bond donors (Lipinski definition) is 5. The van der Waals surface area contributed by atoms with Crippen LogP contribution in [0.15, 0.2) is 41.4 Å². The van der Waals surface area contributed by atoms with Crippen LogP contribution in [0.1, 0.15) is 5.56 Å².